The van der Waals surface area contributed by atoms with E-state index in [-0.39, 0.29) is 12.5 Å². The molecule has 0 fully saturated rings. The quantitative estimate of drug-likeness (QED) is 0.761. The normalized spacial score (nSPS) is 9.67. The maximum absolute atomic E-state index is 11.5. The maximum atomic E-state index is 11.5. The van der Waals surface area contributed by atoms with Crippen LogP contribution in [0, 0.1) is 11.3 Å². The van der Waals surface area contributed by atoms with E-state index in [1.54, 1.807) is 7.05 Å². The highest BCUT2D eigenvalue weighted by Crippen LogP contribution is 2.22. The van der Waals surface area contributed by atoms with Crippen LogP contribution in [0.2, 0.25) is 4.34 Å². The Kier molecular flexibility index (Phi) is 4.60. The first-order chi connectivity index (χ1) is 7.13. The van der Waals surface area contributed by atoms with Crippen molar-refractivity contribution in [2.45, 2.75) is 12.8 Å². The molecule has 1 aromatic rings. The van der Waals surface area contributed by atoms with Gasteiger partial charge in [0.2, 0.25) is 5.91 Å². The van der Waals surface area contributed by atoms with Gasteiger partial charge < -0.3 is 4.90 Å². The molecule has 0 unspecified atom stereocenters. The zero-order valence-corrected chi connectivity index (χ0v) is 9.94. The summed E-state index contributed by atoms with van der Waals surface area (Å²) in [6.45, 7) is 0.143. The molecule has 0 aliphatic heterocycles. The molecule has 5 heteroatoms. The number of thiophene rings is 1. The first kappa shape index (κ1) is 12.0. The molecule has 1 aromatic heterocycles. The van der Waals surface area contributed by atoms with Crippen LogP contribution in [0.1, 0.15) is 11.3 Å². The van der Waals surface area contributed by atoms with E-state index >= 15 is 0 Å². The first-order valence-corrected chi connectivity index (χ1v) is 5.68. The molecular weight excluding hydrogens is 232 g/mol. The van der Waals surface area contributed by atoms with Crippen LogP contribution in [0.25, 0.3) is 0 Å². The average molecular weight is 243 g/mol. The van der Waals surface area contributed by atoms with E-state index in [0.717, 1.165) is 9.21 Å². The minimum atomic E-state index is -0.0129. The van der Waals surface area contributed by atoms with Gasteiger partial charge in [-0.05, 0) is 18.6 Å². The topological polar surface area (TPSA) is 44.1 Å². The number of rotatable bonds is 4. The lowest BCUT2D eigenvalue weighted by Gasteiger charge is -2.11. The number of hydrogen-bond acceptors (Lipinski definition) is 3. The summed E-state index contributed by atoms with van der Waals surface area (Å²) in [5, 5.41) is 8.41. The number of carbonyl (C=O) groups is 1. The Morgan fingerprint density at radius 3 is 2.93 bits per heavy atom. The fourth-order valence-electron chi connectivity index (χ4n) is 1.10. The number of aryl methyl sites for hydroxylation is 1. The Bertz CT molecular complexity index is 383. The number of nitriles is 1. The highest BCUT2D eigenvalue weighted by atomic mass is 35.5. The Balaban J connectivity index is 2.38. The van der Waals surface area contributed by atoms with E-state index in [0.29, 0.717) is 12.8 Å². The average Bonchev–Trinajstić information content (AvgIpc) is 2.61. The zero-order chi connectivity index (χ0) is 11.3. The van der Waals surface area contributed by atoms with Crippen molar-refractivity contribution in [3.8, 4) is 6.07 Å². The lowest BCUT2D eigenvalue weighted by atomic mass is 10.2. The zero-order valence-electron chi connectivity index (χ0n) is 8.36. The van der Waals surface area contributed by atoms with E-state index in [1.165, 1.54) is 16.2 Å². The Hall–Kier alpha value is -1.05. The van der Waals surface area contributed by atoms with Crippen LogP contribution in [-0.2, 0) is 11.2 Å². The number of nitrogens with zero attached hydrogens (tertiary/aromatic N) is 2. The van der Waals surface area contributed by atoms with Gasteiger partial charge >= 0.3 is 0 Å². The van der Waals surface area contributed by atoms with Gasteiger partial charge in [-0.3, -0.25) is 4.79 Å². The van der Waals surface area contributed by atoms with Crippen LogP contribution in [0.5, 0.6) is 0 Å². The number of halogens is 1. The molecule has 0 bridgehead atoms. The van der Waals surface area contributed by atoms with Crippen molar-refractivity contribution in [2.24, 2.45) is 0 Å². The predicted molar refractivity (Wildman–Crippen MR) is 60.9 cm³/mol. The molecule has 0 saturated heterocycles. The molecule has 3 nitrogen and oxygen atoms in total. The molecule has 15 heavy (non-hydrogen) atoms. The minimum absolute atomic E-state index is 0.0129. The second-order valence-corrected chi connectivity index (χ2v) is 4.91. The van der Waals surface area contributed by atoms with Crippen LogP contribution in [0.3, 0.4) is 0 Å². The number of carbonyl (C=O) groups excluding carboxylic acids is 1. The number of hydrogen-bond donors (Lipinski definition) is 0. The fourth-order valence-corrected chi connectivity index (χ4v) is 2.19. The monoisotopic (exact) mass is 242 g/mol. The SMILES string of the molecule is CN(CC#N)C(=O)CCc1ccc(Cl)s1. The third-order valence-electron chi connectivity index (χ3n) is 1.95. The minimum Gasteiger partial charge on any atom is -0.332 e. The van der Waals surface area contributed by atoms with Gasteiger partial charge in [-0.2, -0.15) is 5.26 Å². The molecule has 0 aliphatic rings. The van der Waals surface area contributed by atoms with Gasteiger partial charge in [-0.1, -0.05) is 11.6 Å². The summed E-state index contributed by atoms with van der Waals surface area (Å²) in [7, 11) is 1.63. The van der Waals surface area contributed by atoms with Gasteiger partial charge in [0.25, 0.3) is 0 Å². The standard InChI is InChI=1S/C10H11ClN2OS/c1-13(7-6-12)10(14)5-3-8-2-4-9(11)15-8/h2,4H,3,5,7H2,1H3. The second-order valence-electron chi connectivity index (χ2n) is 3.11. The van der Waals surface area contributed by atoms with Gasteiger partial charge in [-0.15, -0.1) is 11.3 Å². The molecule has 0 radical (unpaired) electrons. The summed E-state index contributed by atoms with van der Waals surface area (Å²) in [6.07, 6.45) is 1.11. The van der Waals surface area contributed by atoms with Crippen molar-refractivity contribution in [3.05, 3.63) is 21.3 Å². The van der Waals surface area contributed by atoms with Crippen molar-refractivity contribution in [1.82, 2.24) is 4.90 Å². The molecule has 0 aliphatic carbocycles. The van der Waals surface area contributed by atoms with E-state index in [9.17, 15) is 4.79 Å². The van der Waals surface area contributed by atoms with Gasteiger partial charge in [0.05, 0.1) is 10.4 Å². The highest BCUT2D eigenvalue weighted by molar-refractivity contribution is 7.16. The van der Waals surface area contributed by atoms with Crippen LogP contribution in [-0.4, -0.2) is 24.4 Å². The third-order valence-corrected chi connectivity index (χ3v) is 3.24. The molecule has 0 N–H and O–H groups in total. The molecule has 1 amide bonds. The molecule has 0 saturated carbocycles. The lowest BCUT2D eigenvalue weighted by molar-refractivity contribution is -0.129. The van der Waals surface area contributed by atoms with E-state index in [2.05, 4.69) is 0 Å². The molecule has 0 aromatic carbocycles. The van der Waals surface area contributed by atoms with Crippen molar-refractivity contribution in [3.63, 3.8) is 0 Å². The summed E-state index contributed by atoms with van der Waals surface area (Å²) in [5.74, 6) is -0.0129. The Morgan fingerprint density at radius 2 is 2.40 bits per heavy atom. The van der Waals surface area contributed by atoms with Crippen molar-refractivity contribution in [2.75, 3.05) is 13.6 Å². The van der Waals surface area contributed by atoms with Crippen molar-refractivity contribution in [1.29, 1.82) is 5.26 Å². The molecule has 0 atom stereocenters. The molecule has 0 spiro atoms. The van der Waals surface area contributed by atoms with Crippen LogP contribution in [0.15, 0.2) is 12.1 Å². The van der Waals surface area contributed by atoms with E-state index in [4.69, 9.17) is 16.9 Å². The highest BCUT2D eigenvalue weighted by Gasteiger charge is 2.08. The Morgan fingerprint density at radius 1 is 1.67 bits per heavy atom. The summed E-state index contributed by atoms with van der Waals surface area (Å²) >= 11 is 7.25. The summed E-state index contributed by atoms with van der Waals surface area (Å²) < 4.78 is 0.739. The summed E-state index contributed by atoms with van der Waals surface area (Å²) in [6, 6.07) is 5.68. The molecule has 80 valence electrons. The predicted octanol–water partition coefficient (Wildman–Crippen LogP) is 2.32. The van der Waals surface area contributed by atoms with Gasteiger partial charge in [-0.25, -0.2) is 0 Å². The third kappa shape index (κ3) is 3.90. The van der Waals surface area contributed by atoms with Crippen LogP contribution in [0.4, 0.5) is 0 Å². The number of amides is 1. The van der Waals surface area contributed by atoms with Crippen molar-refractivity contribution < 1.29 is 4.79 Å². The second kappa shape index (κ2) is 5.74. The summed E-state index contributed by atoms with van der Waals surface area (Å²) in [4.78, 5) is 14.0. The maximum Gasteiger partial charge on any atom is 0.223 e. The van der Waals surface area contributed by atoms with Gasteiger partial charge in [0.1, 0.15) is 6.54 Å². The van der Waals surface area contributed by atoms with E-state index < -0.39 is 0 Å². The fraction of sp³-hybridized carbons (Fsp3) is 0.400. The van der Waals surface area contributed by atoms with Gasteiger partial charge in [0, 0.05) is 18.3 Å². The molecular formula is C10H11ClN2OS. The van der Waals surface area contributed by atoms with Gasteiger partial charge in [0.15, 0.2) is 0 Å². The van der Waals surface area contributed by atoms with E-state index in [1.807, 2.05) is 18.2 Å². The molecule has 1 heterocycles. The van der Waals surface area contributed by atoms with Crippen LogP contribution >= 0.6 is 22.9 Å². The largest absolute Gasteiger partial charge is 0.332 e. The smallest absolute Gasteiger partial charge is 0.223 e. The first-order valence-electron chi connectivity index (χ1n) is 4.48. The van der Waals surface area contributed by atoms with Crippen LogP contribution < -0.4 is 0 Å². The Labute approximate surface area is 97.9 Å². The summed E-state index contributed by atoms with van der Waals surface area (Å²) in [5.41, 5.74) is 0. The molecule has 1 rings (SSSR count). The van der Waals surface area contributed by atoms with Crippen molar-refractivity contribution >= 4 is 28.8 Å². The lowest BCUT2D eigenvalue weighted by Crippen LogP contribution is -2.26.